The summed E-state index contributed by atoms with van der Waals surface area (Å²) in [7, 11) is 0. The highest BCUT2D eigenvalue weighted by Crippen LogP contribution is 2.31. The Morgan fingerprint density at radius 1 is 1.29 bits per heavy atom. The van der Waals surface area contributed by atoms with Gasteiger partial charge in [0.15, 0.2) is 5.78 Å². The van der Waals surface area contributed by atoms with Gasteiger partial charge in [0.05, 0.1) is 0 Å². The molecule has 0 spiro atoms. The predicted molar refractivity (Wildman–Crippen MR) is 55.8 cm³/mol. The molecule has 14 heavy (non-hydrogen) atoms. The summed E-state index contributed by atoms with van der Waals surface area (Å²) in [5.74, 6) is -0.488. The standard InChI is InChI=1S/C12H15NO/c13-12(9-5-4-8-11(12)14)10-6-2-1-3-7-10/h1-3,6-7H,4-5,8-9,13H2/t12-/m0/s1/i8D2. The zero-order valence-corrected chi connectivity index (χ0v) is 7.99. The minimum atomic E-state index is -1.79. The molecule has 2 heteroatoms. The van der Waals surface area contributed by atoms with Crippen molar-refractivity contribution in [3.63, 3.8) is 0 Å². The molecule has 1 aromatic carbocycles. The van der Waals surface area contributed by atoms with Gasteiger partial charge in [0.25, 0.3) is 0 Å². The summed E-state index contributed by atoms with van der Waals surface area (Å²) in [4.78, 5) is 12.1. The Hall–Kier alpha value is -1.15. The molecule has 1 fully saturated rings. The molecule has 1 atom stereocenters. The van der Waals surface area contributed by atoms with Crippen LogP contribution in [0.25, 0.3) is 0 Å². The second-order valence-corrected chi connectivity index (χ2v) is 3.70. The van der Waals surface area contributed by atoms with Gasteiger partial charge in [0, 0.05) is 9.11 Å². The molecule has 2 nitrogen and oxygen atoms in total. The molecule has 0 saturated heterocycles. The number of ketones is 1. The fourth-order valence-electron chi connectivity index (χ4n) is 1.85. The molecule has 0 heterocycles. The number of hydrogen-bond donors (Lipinski definition) is 1. The first kappa shape index (κ1) is 7.18. The van der Waals surface area contributed by atoms with Crippen LogP contribution in [0.4, 0.5) is 0 Å². The molecule has 1 aliphatic rings. The van der Waals surface area contributed by atoms with Crippen molar-refractivity contribution in [1.29, 1.82) is 0 Å². The molecule has 0 aromatic heterocycles. The fourth-order valence-corrected chi connectivity index (χ4v) is 1.85. The molecular weight excluding hydrogens is 174 g/mol. The van der Waals surface area contributed by atoms with Crippen molar-refractivity contribution < 1.29 is 7.54 Å². The Labute approximate surface area is 86.9 Å². The van der Waals surface area contributed by atoms with Crippen molar-refractivity contribution in [1.82, 2.24) is 0 Å². The van der Waals surface area contributed by atoms with Gasteiger partial charge in [0.1, 0.15) is 5.54 Å². The van der Waals surface area contributed by atoms with Crippen LogP contribution >= 0.6 is 0 Å². The van der Waals surface area contributed by atoms with E-state index in [1.807, 2.05) is 18.2 Å². The lowest BCUT2D eigenvalue weighted by Crippen LogP contribution is -2.46. The van der Waals surface area contributed by atoms with Crippen LogP contribution in [0.2, 0.25) is 0 Å². The molecule has 0 aliphatic heterocycles. The van der Waals surface area contributed by atoms with Gasteiger partial charge < -0.3 is 5.73 Å². The number of carbonyl (C=O) groups excluding carboxylic acids is 1. The van der Waals surface area contributed by atoms with Crippen molar-refractivity contribution in [2.75, 3.05) is 0 Å². The van der Waals surface area contributed by atoms with E-state index < -0.39 is 17.7 Å². The molecule has 0 unspecified atom stereocenters. The van der Waals surface area contributed by atoms with Gasteiger partial charge >= 0.3 is 0 Å². The van der Waals surface area contributed by atoms with E-state index >= 15 is 0 Å². The van der Waals surface area contributed by atoms with Crippen LogP contribution in [0.5, 0.6) is 0 Å². The van der Waals surface area contributed by atoms with Gasteiger partial charge in [-0.25, -0.2) is 0 Å². The first-order valence-electron chi connectivity index (χ1n) is 5.86. The first-order valence-corrected chi connectivity index (χ1v) is 4.86. The Kier molecular flexibility index (Phi) is 1.82. The number of rotatable bonds is 1. The van der Waals surface area contributed by atoms with E-state index in [9.17, 15) is 4.79 Å². The molecule has 74 valence electrons. The van der Waals surface area contributed by atoms with Gasteiger partial charge in [0.2, 0.25) is 0 Å². The average molecular weight is 191 g/mol. The van der Waals surface area contributed by atoms with Gasteiger partial charge in [-0.1, -0.05) is 36.8 Å². The van der Waals surface area contributed by atoms with Crippen LogP contribution in [0.15, 0.2) is 30.3 Å². The van der Waals surface area contributed by atoms with Gasteiger partial charge in [-0.15, -0.1) is 0 Å². The Balaban J connectivity index is 2.42. The summed E-state index contributed by atoms with van der Waals surface area (Å²) in [6.07, 6.45) is -0.347. The highest BCUT2D eigenvalue weighted by Gasteiger charge is 2.36. The topological polar surface area (TPSA) is 43.1 Å². The van der Waals surface area contributed by atoms with Crippen molar-refractivity contribution in [3.8, 4) is 0 Å². The SMILES string of the molecule is [2H]C1([2H])CCC[C@](N)(c2ccccc2)C1=O. The first-order chi connectivity index (χ1) is 7.47. The molecule has 0 amide bonds. The molecule has 1 saturated carbocycles. The third-order valence-electron chi connectivity index (χ3n) is 2.73. The van der Waals surface area contributed by atoms with E-state index in [2.05, 4.69) is 0 Å². The summed E-state index contributed by atoms with van der Waals surface area (Å²) >= 11 is 0. The van der Waals surface area contributed by atoms with Gasteiger partial charge in [-0.05, 0) is 18.4 Å². The number of benzene rings is 1. The van der Waals surface area contributed by atoms with Crippen molar-refractivity contribution in [2.45, 2.75) is 31.2 Å². The van der Waals surface area contributed by atoms with Crippen LogP contribution in [-0.2, 0) is 10.3 Å². The van der Waals surface area contributed by atoms with Crippen LogP contribution in [0.1, 0.15) is 33.9 Å². The lowest BCUT2D eigenvalue weighted by atomic mass is 9.76. The number of carbonyl (C=O) groups is 1. The zero-order chi connectivity index (χ0) is 11.8. The van der Waals surface area contributed by atoms with Crippen molar-refractivity contribution in [2.24, 2.45) is 5.73 Å². The molecule has 0 radical (unpaired) electrons. The monoisotopic (exact) mass is 191 g/mol. The number of Topliss-reactive ketones (excluding diaryl/α,β-unsaturated/α-hetero) is 1. The summed E-state index contributed by atoms with van der Waals surface area (Å²) < 4.78 is 15.3. The third-order valence-corrected chi connectivity index (χ3v) is 2.73. The van der Waals surface area contributed by atoms with E-state index in [1.54, 1.807) is 12.1 Å². The predicted octanol–water partition coefficient (Wildman–Crippen LogP) is 1.98. The largest absolute Gasteiger partial charge is 0.315 e. The summed E-state index contributed by atoms with van der Waals surface area (Å²) in [6.45, 7) is 0. The lowest BCUT2D eigenvalue weighted by molar-refractivity contribution is -0.126. The van der Waals surface area contributed by atoms with Crippen LogP contribution in [0, 0.1) is 0 Å². The van der Waals surface area contributed by atoms with Crippen LogP contribution < -0.4 is 5.73 Å². The Morgan fingerprint density at radius 3 is 2.71 bits per heavy atom. The Morgan fingerprint density at radius 2 is 2.00 bits per heavy atom. The summed E-state index contributed by atoms with van der Waals surface area (Å²) in [5, 5.41) is 0. The summed E-state index contributed by atoms with van der Waals surface area (Å²) in [6, 6.07) is 9.08. The van der Waals surface area contributed by atoms with Crippen molar-refractivity contribution >= 4 is 5.78 Å². The highest BCUT2D eigenvalue weighted by atomic mass is 16.1. The zero-order valence-electron chi connectivity index (χ0n) is 9.99. The normalized spacial score (nSPS) is 33.4. The van der Waals surface area contributed by atoms with Gasteiger partial charge in [-0.3, -0.25) is 4.79 Å². The maximum absolute atomic E-state index is 12.1. The maximum atomic E-state index is 12.1. The highest BCUT2D eigenvalue weighted by molar-refractivity contribution is 5.90. The maximum Gasteiger partial charge on any atom is 0.157 e. The van der Waals surface area contributed by atoms with Gasteiger partial charge in [-0.2, -0.15) is 0 Å². The minimum absolute atomic E-state index is 0.275. The minimum Gasteiger partial charge on any atom is -0.315 e. The van der Waals surface area contributed by atoms with E-state index in [0.717, 1.165) is 0 Å². The molecule has 1 aromatic rings. The lowest BCUT2D eigenvalue weighted by Gasteiger charge is -2.32. The third kappa shape index (κ3) is 1.46. The average Bonchev–Trinajstić information content (AvgIpc) is 2.27. The van der Waals surface area contributed by atoms with E-state index in [1.165, 1.54) is 0 Å². The number of nitrogens with two attached hydrogens (primary N) is 1. The quantitative estimate of drug-likeness (QED) is 0.737. The summed E-state index contributed by atoms with van der Waals surface area (Å²) in [5.41, 5.74) is 5.67. The van der Waals surface area contributed by atoms with E-state index in [0.29, 0.717) is 18.4 Å². The second kappa shape index (κ2) is 3.54. The fraction of sp³-hybridized carbons (Fsp3) is 0.417. The molecular formula is C12H15NO. The van der Waals surface area contributed by atoms with Crippen LogP contribution in [0.3, 0.4) is 0 Å². The molecule has 0 bridgehead atoms. The van der Waals surface area contributed by atoms with E-state index in [4.69, 9.17) is 8.48 Å². The second-order valence-electron chi connectivity index (χ2n) is 3.70. The van der Waals surface area contributed by atoms with Crippen molar-refractivity contribution in [3.05, 3.63) is 35.9 Å². The molecule has 2 N–H and O–H groups in total. The Bertz CT molecular complexity index is 405. The molecule has 1 aliphatic carbocycles. The molecule has 2 rings (SSSR count). The van der Waals surface area contributed by atoms with E-state index in [-0.39, 0.29) is 6.42 Å². The number of hydrogen-bond acceptors (Lipinski definition) is 2. The smallest absolute Gasteiger partial charge is 0.157 e. The van der Waals surface area contributed by atoms with Crippen LogP contribution in [-0.4, -0.2) is 5.78 Å².